The molecule has 0 aromatic rings. The number of methoxy groups -OCH3 is 1. The minimum absolute atomic E-state index is 0.447. The molecule has 0 aliphatic heterocycles. The highest BCUT2D eigenvalue weighted by Crippen LogP contribution is 2.17. The number of hydrogen-bond acceptors (Lipinski definition) is 3. The van der Waals surface area contributed by atoms with Crippen molar-refractivity contribution in [1.82, 2.24) is 0 Å². The molecule has 0 bridgehead atoms. The lowest BCUT2D eigenvalue weighted by molar-refractivity contribution is 0.0833. The molecule has 0 amide bonds. The molecule has 82 valence electrons. The Bertz CT molecular complexity index is 166. The van der Waals surface area contributed by atoms with Crippen molar-refractivity contribution >= 4 is 5.71 Å². The van der Waals surface area contributed by atoms with Gasteiger partial charge in [0.15, 0.2) is 0 Å². The maximum atomic E-state index is 8.73. The number of oxime groups is 1. The minimum Gasteiger partial charge on any atom is -0.411 e. The summed E-state index contributed by atoms with van der Waals surface area (Å²) in [5, 5.41) is 12.1. The van der Waals surface area contributed by atoms with Crippen LogP contribution in [0.2, 0.25) is 0 Å². The van der Waals surface area contributed by atoms with E-state index in [2.05, 4.69) is 5.16 Å². The van der Waals surface area contributed by atoms with Crippen LogP contribution in [0.5, 0.6) is 0 Å². The molecule has 0 radical (unpaired) electrons. The van der Waals surface area contributed by atoms with Crippen molar-refractivity contribution in [1.29, 1.82) is 0 Å². The molecular formula is C11H21NO2. The van der Waals surface area contributed by atoms with Crippen LogP contribution >= 0.6 is 0 Å². The molecule has 3 nitrogen and oxygen atoms in total. The summed E-state index contributed by atoms with van der Waals surface area (Å²) < 4.78 is 5.40. The molecule has 0 unspecified atom stereocenters. The zero-order valence-corrected chi connectivity index (χ0v) is 9.04. The second-order valence-corrected chi connectivity index (χ2v) is 4.02. The van der Waals surface area contributed by atoms with Gasteiger partial charge in [-0.1, -0.05) is 18.0 Å². The molecule has 0 saturated heterocycles. The first-order chi connectivity index (χ1) is 6.86. The van der Waals surface area contributed by atoms with Crippen LogP contribution in [0, 0.1) is 0 Å². The molecule has 0 atom stereocenters. The summed E-state index contributed by atoms with van der Waals surface area (Å²) in [5.74, 6) is 0. The van der Waals surface area contributed by atoms with Gasteiger partial charge in [-0.15, -0.1) is 0 Å². The highest BCUT2D eigenvalue weighted by molar-refractivity contribution is 5.83. The Hall–Kier alpha value is -0.570. The lowest BCUT2D eigenvalue weighted by atomic mass is 9.98. The zero-order valence-electron chi connectivity index (χ0n) is 9.04. The van der Waals surface area contributed by atoms with Crippen LogP contribution in [0.1, 0.15) is 51.4 Å². The molecule has 1 fully saturated rings. The van der Waals surface area contributed by atoms with Gasteiger partial charge in [-0.2, -0.15) is 0 Å². The number of rotatable bonds is 1. The van der Waals surface area contributed by atoms with Gasteiger partial charge in [0.1, 0.15) is 0 Å². The highest BCUT2D eigenvalue weighted by atomic mass is 16.5. The smallest absolute Gasteiger partial charge is 0.0571 e. The summed E-state index contributed by atoms with van der Waals surface area (Å²) in [6.07, 6.45) is 9.25. The maximum absolute atomic E-state index is 8.73. The molecule has 3 heteroatoms. The van der Waals surface area contributed by atoms with Crippen LogP contribution in [0.25, 0.3) is 0 Å². The summed E-state index contributed by atoms with van der Waals surface area (Å²) in [4.78, 5) is 0. The summed E-state index contributed by atoms with van der Waals surface area (Å²) in [5.41, 5.74) is 0.973. The van der Waals surface area contributed by atoms with E-state index in [-0.39, 0.29) is 0 Å². The van der Waals surface area contributed by atoms with E-state index in [1.165, 1.54) is 12.8 Å². The maximum Gasteiger partial charge on any atom is 0.0571 e. The summed E-state index contributed by atoms with van der Waals surface area (Å²) in [7, 11) is 1.80. The zero-order chi connectivity index (χ0) is 10.2. The van der Waals surface area contributed by atoms with Crippen LogP contribution in [0.4, 0.5) is 0 Å². The first kappa shape index (κ1) is 11.5. The second kappa shape index (κ2) is 6.82. The standard InChI is InChI=1S/C11H21NO2/c1-14-11-8-4-2-6-10(12-13)7-3-5-9-11/h11,13H,2-9H2,1H3. The number of hydrogen-bond donors (Lipinski definition) is 1. The van der Waals surface area contributed by atoms with Crippen molar-refractivity contribution in [3.8, 4) is 0 Å². The average Bonchev–Trinajstić information content (AvgIpc) is 2.25. The van der Waals surface area contributed by atoms with Crippen molar-refractivity contribution in [3.05, 3.63) is 0 Å². The molecule has 0 aromatic carbocycles. The van der Waals surface area contributed by atoms with Gasteiger partial charge in [-0.3, -0.25) is 0 Å². The fourth-order valence-electron chi connectivity index (χ4n) is 2.01. The van der Waals surface area contributed by atoms with Crippen molar-refractivity contribution < 1.29 is 9.94 Å². The third-order valence-electron chi connectivity index (χ3n) is 2.96. The monoisotopic (exact) mass is 199 g/mol. The van der Waals surface area contributed by atoms with E-state index in [1.54, 1.807) is 7.11 Å². The van der Waals surface area contributed by atoms with Crippen molar-refractivity contribution in [3.63, 3.8) is 0 Å². The Morgan fingerprint density at radius 1 is 1.14 bits per heavy atom. The van der Waals surface area contributed by atoms with Crippen molar-refractivity contribution in [2.24, 2.45) is 5.16 Å². The molecule has 0 aromatic heterocycles. The van der Waals surface area contributed by atoms with E-state index in [4.69, 9.17) is 9.94 Å². The largest absolute Gasteiger partial charge is 0.411 e. The van der Waals surface area contributed by atoms with E-state index < -0.39 is 0 Å². The normalized spacial score (nSPS) is 25.8. The number of ether oxygens (including phenoxy) is 1. The van der Waals surface area contributed by atoms with Gasteiger partial charge in [-0.25, -0.2) is 0 Å². The van der Waals surface area contributed by atoms with E-state index in [0.29, 0.717) is 6.10 Å². The molecule has 1 rings (SSSR count). The van der Waals surface area contributed by atoms with Gasteiger partial charge in [0.25, 0.3) is 0 Å². The van der Waals surface area contributed by atoms with Crippen LogP contribution < -0.4 is 0 Å². The van der Waals surface area contributed by atoms with Gasteiger partial charge < -0.3 is 9.94 Å². The van der Waals surface area contributed by atoms with Gasteiger partial charge in [-0.05, 0) is 38.5 Å². The first-order valence-electron chi connectivity index (χ1n) is 5.59. The van der Waals surface area contributed by atoms with Gasteiger partial charge in [0.05, 0.1) is 11.8 Å². The van der Waals surface area contributed by atoms with Gasteiger partial charge in [0.2, 0.25) is 0 Å². The minimum atomic E-state index is 0.447. The Balaban J connectivity index is 2.34. The molecule has 1 aliphatic rings. The molecule has 14 heavy (non-hydrogen) atoms. The van der Waals surface area contributed by atoms with E-state index in [9.17, 15) is 0 Å². The first-order valence-corrected chi connectivity index (χ1v) is 5.59. The second-order valence-electron chi connectivity index (χ2n) is 4.02. The van der Waals surface area contributed by atoms with Crippen LogP contribution in [-0.2, 0) is 4.74 Å². The molecule has 0 heterocycles. The van der Waals surface area contributed by atoms with Crippen LogP contribution in [-0.4, -0.2) is 24.1 Å². The summed E-state index contributed by atoms with van der Waals surface area (Å²) >= 11 is 0. The predicted molar refractivity (Wildman–Crippen MR) is 57.0 cm³/mol. The SMILES string of the molecule is COC1CCCCC(=NO)CCCC1. The quantitative estimate of drug-likeness (QED) is 0.521. The van der Waals surface area contributed by atoms with Gasteiger partial charge >= 0.3 is 0 Å². The molecule has 1 aliphatic carbocycles. The molecular weight excluding hydrogens is 178 g/mol. The predicted octanol–water partition coefficient (Wildman–Crippen LogP) is 2.97. The summed E-state index contributed by atoms with van der Waals surface area (Å²) in [6.45, 7) is 0. The lowest BCUT2D eigenvalue weighted by Gasteiger charge is -2.16. The van der Waals surface area contributed by atoms with E-state index in [0.717, 1.165) is 44.2 Å². The third kappa shape index (κ3) is 4.09. The Kier molecular flexibility index (Phi) is 5.60. The van der Waals surface area contributed by atoms with E-state index >= 15 is 0 Å². The lowest BCUT2D eigenvalue weighted by Crippen LogP contribution is -2.12. The fraction of sp³-hybridized carbons (Fsp3) is 0.909. The van der Waals surface area contributed by atoms with Crippen LogP contribution in [0.15, 0.2) is 5.16 Å². The summed E-state index contributed by atoms with van der Waals surface area (Å²) in [6, 6.07) is 0. The molecule has 1 N–H and O–H groups in total. The van der Waals surface area contributed by atoms with Crippen molar-refractivity contribution in [2.75, 3.05) is 7.11 Å². The van der Waals surface area contributed by atoms with E-state index in [1.807, 2.05) is 0 Å². The highest BCUT2D eigenvalue weighted by Gasteiger charge is 2.10. The third-order valence-corrected chi connectivity index (χ3v) is 2.96. The van der Waals surface area contributed by atoms with Crippen LogP contribution in [0.3, 0.4) is 0 Å². The molecule has 0 spiro atoms. The Morgan fingerprint density at radius 3 is 2.14 bits per heavy atom. The number of nitrogens with zero attached hydrogens (tertiary/aromatic N) is 1. The fourth-order valence-corrected chi connectivity index (χ4v) is 2.01. The Morgan fingerprint density at radius 2 is 1.71 bits per heavy atom. The molecule has 1 saturated carbocycles. The Labute approximate surface area is 86.1 Å². The van der Waals surface area contributed by atoms with Crippen molar-refractivity contribution in [2.45, 2.75) is 57.5 Å². The van der Waals surface area contributed by atoms with Gasteiger partial charge in [0, 0.05) is 7.11 Å². The average molecular weight is 199 g/mol. The topological polar surface area (TPSA) is 41.8 Å².